The van der Waals surface area contributed by atoms with Gasteiger partial charge in [0.1, 0.15) is 5.75 Å². The highest BCUT2D eigenvalue weighted by Gasteiger charge is 2.34. The van der Waals surface area contributed by atoms with Gasteiger partial charge in [0.25, 0.3) is 15.9 Å². The SMILES string of the molecule is CS(=O)(=O)N1C[C@@H](C(=O)Nc2ccc(S(=O)(=O)Nc3cccc(Cl)c3)cc2)Oc2ccccc21. The summed E-state index contributed by atoms with van der Waals surface area (Å²) in [7, 11) is -7.51. The number of benzene rings is 3. The van der Waals surface area contributed by atoms with Crippen molar-refractivity contribution in [1.82, 2.24) is 0 Å². The van der Waals surface area contributed by atoms with E-state index in [0.29, 0.717) is 22.1 Å². The molecule has 0 spiro atoms. The van der Waals surface area contributed by atoms with Crippen LogP contribution in [-0.4, -0.2) is 41.6 Å². The number of rotatable bonds is 6. The van der Waals surface area contributed by atoms with Crippen LogP contribution in [0.1, 0.15) is 0 Å². The summed E-state index contributed by atoms with van der Waals surface area (Å²) in [5.41, 5.74) is 0.992. The van der Waals surface area contributed by atoms with Gasteiger partial charge in [-0.1, -0.05) is 29.8 Å². The van der Waals surface area contributed by atoms with Gasteiger partial charge in [-0.15, -0.1) is 0 Å². The first-order valence-corrected chi connectivity index (χ1v) is 13.7. The Kier molecular flexibility index (Phi) is 6.43. The number of carbonyl (C=O) groups excluding carboxylic acids is 1. The van der Waals surface area contributed by atoms with Crippen molar-refractivity contribution in [3.05, 3.63) is 77.8 Å². The van der Waals surface area contributed by atoms with Crippen molar-refractivity contribution in [3.63, 3.8) is 0 Å². The average Bonchev–Trinajstić information content (AvgIpc) is 2.77. The molecule has 178 valence electrons. The lowest BCUT2D eigenvalue weighted by atomic mass is 10.2. The van der Waals surface area contributed by atoms with Crippen molar-refractivity contribution >= 4 is 54.6 Å². The molecule has 0 radical (unpaired) electrons. The van der Waals surface area contributed by atoms with E-state index in [0.717, 1.165) is 10.6 Å². The van der Waals surface area contributed by atoms with Crippen LogP contribution in [0, 0.1) is 0 Å². The number of amides is 1. The molecule has 12 heteroatoms. The summed E-state index contributed by atoms with van der Waals surface area (Å²) in [5, 5.41) is 3.02. The number of anilines is 3. The van der Waals surface area contributed by atoms with Crippen LogP contribution in [0.5, 0.6) is 5.75 Å². The van der Waals surface area contributed by atoms with E-state index < -0.39 is 32.1 Å². The maximum absolute atomic E-state index is 12.8. The van der Waals surface area contributed by atoms with E-state index in [9.17, 15) is 21.6 Å². The van der Waals surface area contributed by atoms with Crippen LogP contribution in [0.2, 0.25) is 5.02 Å². The molecule has 3 aromatic carbocycles. The van der Waals surface area contributed by atoms with Gasteiger partial charge in [0, 0.05) is 10.7 Å². The number of carbonyl (C=O) groups is 1. The second-order valence-electron chi connectivity index (χ2n) is 7.50. The van der Waals surface area contributed by atoms with Gasteiger partial charge < -0.3 is 10.1 Å². The maximum Gasteiger partial charge on any atom is 0.267 e. The fraction of sp³-hybridized carbons (Fsp3) is 0.136. The zero-order valence-corrected chi connectivity index (χ0v) is 20.2. The fourth-order valence-corrected chi connectivity index (χ4v) is 5.51. The second kappa shape index (κ2) is 9.16. The van der Waals surface area contributed by atoms with Crippen molar-refractivity contribution in [2.75, 3.05) is 27.1 Å². The van der Waals surface area contributed by atoms with Crippen molar-refractivity contribution in [1.29, 1.82) is 0 Å². The summed E-state index contributed by atoms with van der Waals surface area (Å²) in [5.74, 6) is -0.302. The fourth-order valence-electron chi connectivity index (χ4n) is 3.36. The number of ether oxygens (including phenoxy) is 1. The lowest BCUT2D eigenvalue weighted by molar-refractivity contribution is -0.122. The Bertz CT molecular complexity index is 1440. The molecule has 1 heterocycles. The third-order valence-corrected chi connectivity index (χ3v) is 7.72. The van der Waals surface area contributed by atoms with E-state index in [4.69, 9.17) is 16.3 Å². The molecule has 3 aromatic rings. The lowest BCUT2D eigenvalue weighted by Gasteiger charge is -2.33. The predicted molar refractivity (Wildman–Crippen MR) is 130 cm³/mol. The Morgan fingerprint density at radius 3 is 2.35 bits per heavy atom. The molecule has 9 nitrogen and oxygen atoms in total. The molecule has 0 unspecified atom stereocenters. The zero-order chi connectivity index (χ0) is 24.5. The molecule has 0 fully saturated rings. The van der Waals surface area contributed by atoms with E-state index in [2.05, 4.69) is 10.0 Å². The maximum atomic E-state index is 12.8. The van der Waals surface area contributed by atoms with E-state index in [1.807, 2.05) is 0 Å². The molecule has 4 rings (SSSR count). The monoisotopic (exact) mass is 521 g/mol. The molecular formula is C22H20ClN3O6S2. The number of fused-ring (bicyclic) bond motifs is 1. The summed E-state index contributed by atoms with van der Waals surface area (Å²) in [6.45, 7) is -0.197. The summed E-state index contributed by atoms with van der Waals surface area (Å²) in [6, 6.07) is 18.4. The van der Waals surface area contributed by atoms with Crippen LogP contribution in [0.25, 0.3) is 0 Å². The van der Waals surface area contributed by atoms with Crippen molar-refractivity contribution < 1.29 is 26.4 Å². The quantitative estimate of drug-likeness (QED) is 0.513. The number of hydrogen-bond donors (Lipinski definition) is 2. The number of halogens is 1. The standard InChI is InChI=1S/C22H20ClN3O6S2/c1-33(28,29)26-14-21(32-20-8-3-2-7-19(20)26)22(27)24-16-9-11-18(12-10-16)34(30,31)25-17-6-4-5-15(23)13-17/h2-13,21,25H,14H2,1H3,(H,24,27)/t21-/m0/s1. The average molecular weight is 522 g/mol. The third kappa shape index (κ3) is 5.27. The summed E-state index contributed by atoms with van der Waals surface area (Å²) in [6.07, 6.45) is -0.0433. The molecule has 0 aromatic heterocycles. The molecule has 34 heavy (non-hydrogen) atoms. The second-order valence-corrected chi connectivity index (χ2v) is 11.5. The Morgan fingerprint density at radius 2 is 1.68 bits per heavy atom. The Labute approximate surface area is 202 Å². The van der Waals surface area contributed by atoms with Gasteiger partial charge in [-0.25, -0.2) is 16.8 Å². The zero-order valence-electron chi connectivity index (χ0n) is 17.8. The highest BCUT2D eigenvalue weighted by atomic mass is 35.5. The minimum atomic E-state index is -3.87. The van der Waals surface area contributed by atoms with E-state index in [-0.39, 0.29) is 17.2 Å². The Morgan fingerprint density at radius 1 is 0.971 bits per heavy atom. The molecule has 0 aliphatic carbocycles. The summed E-state index contributed by atoms with van der Waals surface area (Å²) < 4.78 is 58.9. The topological polar surface area (TPSA) is 122 Å². The molecular weight excluding hydrogens is 502 g/mol. The smallest absolute Gasteiger partial charge is 0.267 e. The largest absolute Gasteiger partial charge is 0.476 e. The van der Waals surface area contributed by atoms with Gasteiger partial charge >= 0.3 is 0 Å². The first-order chi connectivity index (χ1) is 16.0. The predicted octanol–water partition coefficient (Wildman–Crippen LogP) is 3.31. The van der Waals surface area contributed by atoms with Crippen LogP contribution < -0.4 is 19.1 Å². The van der Waals surface area contributed by atoms with Gasteiger partial charge in [-0.3, -0.25) is 13.8 Å². The third-order valence-electron chi connectivity index (χ3n) is 4.94. The summed E-state index contributed by atoms with van der Waals surface area (Å²) >= 11 is 5.89. The Balaban J connectivity index is 1.48. The molecule has 1 aliphatic rings. The van der Waals surface area contributed by atoms with Crippen molar-refractivity contribution in [2.24, 2.45) is 0 Å². The number of hydrogen-bond acceptors (Lipinski definition) is 6. The molecule has 0 saturated carbocycles. The van der Waals surface area contributed by atoms with Gasteiger partial charge in [-0.2, -0.15) is 0 Å². The van der Waals surface area contributed by atoms with Gasteiger partial charge in [0.05, 0.1) is 29.1 Å². The molecule has 1 amide bonds. The van der Waals surface area contributed by atoms with Gasteiger partial charge in [-0.05, 0) is 54.6 Å². The highest BCUT2D eigenvalue weighted by molar-refractivity contribution is 7.92. The van der Waals surface area contributed by atoms with Crippen LogP contribution >= 0.6 is 11.6 Å². The minimum Gasteiger partial charge on any atom is -0.476 e. The molecule has 1 aliphatic heterocycles. The molecule has 0 bridgehead atoms. The molecule has 2 N–H and O–H groups in total. The van der Waals surface area contributed by atoms with Gasteiger partial charge in [0.2, 0.25) is 10.0 Å². The van der Waals surface area contributed by atoms with Crippen molar-refractivity contribution in [3.8, 4) is 5.75 Å². The number of nitrogens with one attached hydrogen (secondary N) is 2. The molecule has 1 atom stereocenters. The number of sulfonamides is 2. The van der Waals surface area contributed by atoms with Crippen LogP contribution in [0.4, 0.5) is 17.1 Å². The number of nitrogens with zero attached hydrogens (tertiary/aromatic N) is 1. The van der Waals surface area contributed by atoms with E-state index in [1.165, 1.54) is 30.3 Å². The first kappa shape index (κ1) is 23.9. The van der Waals surface area contributed by atoms with E-state index in [1.54, 1.807) is 42.5 Å². The Hall–Kier alpha value is -3.28. The molecule has 0 saturated heterocycles. The normalized spacial score (nSPS) is 15.7. The highest BCUT2D eigenvalue weighted by Crippen LogP contribution is 2.34. The van der Waals surface area contributed by atoms with Crippen LogP contribution in [0.3, 0.4) is 0 Å². The van der Waals surface area contributed by atoms with Crippen molar-refractivity contribution in [2.45, 2.75) is 11.0 Å². The van der Waals surface area contributed by atoms with Crippen LogP contribution in [0.15, 0.2) is 77.7 Å². The summed E-state index contributed by atoms with van der Waals surface area (Å²) in [4.78, 5) is 12.8. The lowest BCUT2D eigenvalue weighted by Crippen LogP contribution is -2.48. The van der Waals surface area contributed by atoms with Crippen LogP contribution in [-0.2, 0) is 24.8 Å². The first-order valence-electron chi connectivity index (χ1n) is 9.96. The van der Waals surface area contributed by atoms with Gasteiger partial charge in [0.15, 0.2) is 6.10 Å². The van der Waals surface area contributed by atoms with E-state index >= 15 is 0 Å². The minimum absolute atomic E-state index is 0.0171. The number of para-hydroxylation sites is 2.